The molecule has 0 saturated carbocycles. The maximum absolute atomic E-state index is 13.8. The minimum absolute atomic E-state index is 0.00273. The van der Waals surface area contributed by atoms with Crippen molar-refractivity contribution in [1.29, 1.82) is 0 Å². The topological polar surface area (TPSA) is 63.7 Å². The van der Waals surface area contributed by atoms with Gasteiger partial charge in [-0.3, -0.25) is 4.79 Å². The zero-order chi connectivity index (χ0) is 19.4. The fourth-order valence-corrected chi connectivity index (χ4v) is 4.93. The van der Waals surface area contributed by atoms with Crippen LogP contribution in [-0.2, 0) is 21.2 Å². The minimum Gasteiger partial charge on any atom is -0.478 e. The summed E-state index contributed by atoms with van der Waals surface area (Å²) in [6.45, 7) is 1.83. The highest BCUT2D eigenvalue weighted by molar-refractivity contribution is 7.91. The van der Waals surface area contributed by atoms with Gasteiger partial charge < -0.3 is 9.64 Å². The van der Waals surface area contributed by atoms with E-state index in [2.05, 4.69) is 0 Å². The van der Waals surface area contributed by atoms with Gasteiger partial charge in [0.05, 0.1) is 11.5 Å². The summed E-state index contributed by atoms with van der Waals surface area (Å²) < 4.78 is 43.2. The largest absolute Gasteiger partial charge is 0.478 e. The number of benzene rings is 2. The lowest BCUT2D eigenvalue weighted by Gasteiger charge is -2.31. The van der Waals surface area contributed by atoms with Gasteiger partial charge in [0.25, 0.3) is 5.91 Å². The summed E-state index contributed by atoms with van der Waals surface area (Å²) in [5.74, 6) is -0.895. The molecule has 2 atom stereocenters. The van der Waals surface area contributed by atoms with Crippen molar-refractivity contribution in [3.63, 3.8) is 0 Å². The van der Waals surface area contributed by atoms with Crippen LogP contribution >= 0.6 is 0 Å². The number of nitrogens with zero attached hydrogens (tertiary/aromatic N) is 1. The van der Waals surface area contributed by atoms with E-state index >= 15 is 0 Å². The molecule has 7 heteroatoms. The van der Waals surface area contributed by atoms with Gasteiger partial charge in [0.2, 0.25) is 0 Å². The third kappa shape index (κ3) is 4.86. The number of para-hydroxylation sites is 1. The van der Waals surface area contributed by atoms with Crippen LogP contribution in [0.25, 0.3) is 0 Å². The van der Waals surface area contributed by atoms with Gasteiger partial charge in [0.1, 0.15) is 0 Å². The summed E-state index contributed by atoms with van der Waals surface area (Å²) in [6.07, 6.45) is -0.540. The van der Waals surface area contributed by atoms with Crippen molar-refractivity contribution in [2.75, 3.05) is 11.5 Å². The Kier molecular flexibility index (Phi) is 5.79. The Balaban J connectivity index is 1.80. The number of amides is 1. The van der Waals surface area contributed by atoms with Gasteiger partial charge in [-0.1, -0.05) is 42.5 Å². The molecule has 27 heavy (non-hydrogen) atoms. The highest BCUT2D eigenvalue weighted by Crippen LogP contribution is 2.23. The van der Waals surface area contributed by atoms with Gasteiger partial charge in [-0.25, -0.2) is 12.8 Å². The van der Waals surface area contributed by atoms with E-state index in [1.165, 1.54) is 12.1 Å². The van der Waals surface area contributed by atoms with Crippen LogP contribution in [0.3, 0.4) is 0 Å². The van der Waals surface area contributed by atoms with Gasteiger partial charge in [0, 0.05) is 12.6 Å². The van der Waals surface area contributed by atoms with Crippen LogP contribution in [0.5, 0.6) is 5.75 Å². The van der Waals surface area contributed by atoms with Crippen LogP contribution in [0.1, 0.15) is 18.9 Å². The van der Waals surface area contributed by atoms with E-state index in [0.717, 1.165) is 5.56 Å². The van der Waals surface area contributed by atoms with Crippen LogP contribution in [0.2, 0.25) is 0 Å². The van der Waals surface area contributed by atoms with Crippen molar-refractivity contribution in [3.05, 3.63) is 66.0 Å². The number of ether oxygens (including phenoxy) is 1. The zero-order valence-corrected chi connectivity index (χ0v) is 15.9. The Bertz CT molecular complexity index is 901. The van der Waals surface area contributed by atoms with Crippen molar-refractivity contribution < 1.29 is 22.3 Å². The van der Waals surface area contributed by atoms with Crippen LogP contribution in [0.15, 0.2) is 54.6 Å². The molecule has 0 radical (unpaired) electrons. The molecule has 0 N–H and O–H groups in total. The molecule has 0 bridgehead atoms. The number of hydrogen-bond acceptors (Lipinski definition) is 4. The Morgan fingerprint density at radius 1 is 1.19 bits per heavy atom. The first kappa shape index (κ1) is 19.4. The molecule has 1 aliphatic heterocycles. The third-order valence-corrected chi connectivity index (χ3v) is 6.37. The summed E-state index contributed by atoms with van der Waals surface area (Å²) in [5.41, 5.74) is 0.897. The molecule has 0 aliphatic carbocycles. The zero-order valence-electron chi connectivity index (χ0n) is 15.0. The van der Waals surface area contributed by atoms with E-state index in [1.54, 1.807) is 24.0 Å². The highest BCUT2D eigenvalue weighted by atomic mass is 32.2. The van der Waals surface area contributed by atoms with Gasteiger partial charge in [-0.05, 0) is 31.0 Å². The molecular weight excluding hydrogens is 369 g/mol. The van der Waals surface area contributed by atoms with Gasteiger partial charge >= 0.3 is 0 Å². The fourth-order valence-electron chi connectivity index (χ4n) is 3.20. The summed E-state index contributed by atoms with van der Waals surface area (Å²) in [7, 11) is -3.15. The molecule has 0 aromatic heterocycles. The summed E-state index contributed by atoms with van der Waals surface area (Å²) >= 11 is 0. The van der Waals surface area contributed by atoms with Gasteiger partial charge in [-0.15, -0.1) is 0 Å². The van der Waals surface area contributed by atoms with Crippen molar-refractivity contribution >= 4 is 15.7 Å². The molecule has 1 saturated heterocycles. The Morgan fingerprint density at radius 3 is 2.48 bits per heavy atom. The van der Waals surface area contributed by atoms with E-state index in [9.17, 15) is 17.6 Å². The molecule has 2 aromatic carbocycles. The van der Waals surface area contributed by atoms with E-state index < -0.39 is 27.8 Å². The average molecular weight is 391 g/mol. The van der Waals surface area contributed by atoms with Crippen LogP contribution < -0.4 is 4.74 Å². The molecule has 144 valence electrons. The smallest absolute Gasteiger partial charge is 0.263 e. The first-order valence-corrected chi connectivity index (χ1v) is 10.6. The Hall–Kier alpha value is -2.41. The molecule has 1 amide bonds. The second kappa shape index (κ2) is 8.08. The second-order valence-electron chi connectivity index (χ2n) is 6.70. The third-order valence-electron chi connectivity index (χ3n) is 4.62. The van der Waals surface area contributed by atoms with Crippen molar-refractivity contribution in [3.8, 4) is 5.75 Å². The number of carbonyl (C=O) groups is 1. The molecule has 0 spiro atoms. The first-order chi connectivity index (χ1) is 12.9. The lowest BCUT2D eigenvalue weighted by Crippen LogP contribution is -2.46. The molecule has 1 fully saturated rings. The second-order valence-corrected chi connectivity index (χ2v) is 8.93. The standard InChI is InChI=1S/C20H22FNO4S/c1-15(26-19-10-6-5-9-18(19)21)20(23)22(13-16-7-3-2-4-8-16)17-11-12-27(24,25)14-17/h2-10,15,17H,11-14H2,1H3/t15-,17+/m0/s1. The molecule has 0 unspecified atom stereocenters. The maximum atomic E-state index is 13.8. The summed E-state index contributed by atoms with van der Waals surface area (Å²) in [6, 6.07) is 14.8. The quantitative estimate of drug-likeness (QED) is 0.760. The summed E-state index contributed by atoms with van der Waals surface area (Å²) in [4.78, 5) is 14.6. The monoisotopic (exact) mass is 391 g/mol. The molecule has 5 nitrogen and oxygen atoms in total. The lowest BCUT2D eigenvalue weighted by molar-refractivity contribution is -0.140. The van der Waals surface area contributed by atoms with Crippen molar-refractivity contribution in [2.24, 2.45) is 0 Å². The van der Waals surface area contributed by atoms with E-state index in [4.69, 9.17) is 4.74 Å². The van der Waals surface area contributed by atoms with E-state index in [-0.39, 0.29) is 29.7 Å². The SMILES string of the molecule is C[C@H](Oc1ccccc1F)C(=O)N(Cc1ccccc1)[C@@H]1CCS(=O)(=O)C1. The minimum atomic E-state index is -3.15. The average Bonchev–Trinajstić information content (AvgIpc) is 3.01. The lowest BCUT2D eigenvalue weighted by atomic mass is 10.1. The Morgan fingerprint density at radius 2 is 1.85 bits per heavy atom. The van der Waals surface area contributed by atoms with E-state index in [0.29, 0.717) is 6.42 Å². The predicted octanol–water partition coefficient (Wildman–Crippen LogP) is 2.81. The van der Waals surface area contributed by atoms with Crippen LogP contribution in [0, 0.1) is 5.82 Å². The van der Waals surface area contributed by atoms with Gasteiger partial charge in [-0.2, -0.15) is 0 Å². The van der Waals surface area contributed by atoms with Crippen molar-refractivity contribution in [1.82, 2.24) is 4.90 Å². The van der Waals surface area contributed by atoms with Crippen LogP contribution in [0.4, 0.5) is 4.39 Å². The number of rotatable bonds is 6. The fraction of sp³-hybridized carbons (Fsp3) is 0.350. The molecule has 1 heterocycles. The van der Waals surface area contributed by atoms with Crippen LogP contribution in [-0.4, -0.2) is 42.9 Å². The number of carbonyl (C=O) groups excluding carboxylic acids is 1. The first-order valence-electron chi connectivity index (χ1n) is 8.82. The Labute approximate surface area is 158 Å². The molecule has 2 aromatic rings. The maximum Gasteiger partial charge on any atom is 0.263 e. The molecular formula is C20H22FNO4S. The summed E-state index contributed by atoms with van der Waals surface area (Å²) in [5, 5.41) is 0. The van der Waals surface area contributed by atoms with E-state index in [1.807, 2.05) is 30.3 Å². The number of hydrogen-bond donors (Lipinski definition) is 0. The predicted molar refractivity (Wildman–Crippen MR) is 101 cm³/mol. The molecule has 3 rings (SSSR count). The normalized spacial score (nSPS) is 19.4. The number of sulfone groups is 1. The molecule has 1 aliphatic rings. The highest BCUT2D eigenvalue weighted by Gasteiger charge is 2.36. The van der Waals surface area contributed by atoms with Gasteiger partial charge in [0.15, 0.2) is 27.5 Å². The van der Waals surface area contributed by atoms with Crippen molar-refractivity contribution in [2.45, 2.75) is 32.0 Å². The number of halogens is 1.